The second-order valence-corrected chi connectivity index (χ2v) is 9.82. The van der Waals surface area contributed by atoms with E-state index in [1.165, 1.54) is 33.2 Å². The fourth-order valence-corrected chi connectivity index (χ4v) is 4.95. The number of Topliss-reactive ketones (excluding diaryl/α,β-unsaturated/α-hetero) is 1. The topological polar surface area (TPSA) is 92.1 Å². The van der Waals surface area contributed by atoms with Crippen molar-refractivity contribution in [3.63, 3.8) is 0 Å². The summed E-state index contributed by atoms with van der Waals surface area (Å²) in [5.41, 5.74) is -0.391. The van der Waals surface area contributed by atoms with E-state index < -0.39 is 34.5 Å². The Bertz CT molecular complexity index is 1360. The number of carbonyl (C=O) groups is 2. The Morgan fingerprint density at radius 3 is 2.71 bits per heavy atom. The molecule has 4 rings (SSSR count). The monoisotopic (exact) mass is 545 g/mol. The molecule has 11 heteroatoms. The number of pyridine rings is 1. The van der Waals surface area contributed by atoms with Crippen molar-refractivity contribution in [2.75, 3.05) is 31.4 Å². The number of hydrogen-bond acceptors (Lipinski definition) is 7. The number of fused-ring (bicyclic) bond motifs is 1. The van der Waals surface area contributed by atoms with Gasteiger partial charge in [0.05, 0.1) is 12.1 Å². The van der Waals surface area contributed by atoms with Crippen LogP contribution in [0.2, 0.25) is 0 Å². The Kier molecular flexibility index (Phi) is 8.90. The molecule has 202 valence electrons. The zero-order chi connectivity index (χ0) is 27.2. The van der Waals surface area contributed by atoms with Crippen molar-refractivity contribution in [2.24, 2.45) is 0 Å². The summed E-state index contributed by atoms with van der Waals surface area (Å²) in [5.74, 6) is -3.47. The number of nitrogens with zero attached hydrogens (tertiary/aromatic N) is 3. The number of benzene rings is 1. The van der Waals surface area contributed by atoms with Gasteiger partial charge in [-0.2, -0.15) is 11.3 Å². The molecule has 0 bridgehead atoms. The van der Waals surface area contributed by atoms with Crippen LogP contribution in [-0.4, -0.2) is 52.8 Å². The average Bonchev–Trinajstić information content (AvgIpc) is 3.40. The second-order valence-electron chi connectivity index (χ2n) is 9.04. The van der Waals surface area contributed by atoms with Crippen molar-refractivity contribution in [1.29, 1.82) is 0 Å². The number of aromatic hydroxyl groups is 1. The molecule has 0 spiro atoms. The van der Waals surface area contributed by atoms with Crippen molar-refractivity contribution < 1.29 is 28.2 Å². The lowest BCUT2D eigenvalue weighted by Gasteiger charge is -2.39. The quantitative estimate of drug-likeness (QED) is 0.273. The van der Waals surface area contributed by atoms with E-state index in [2.05, 4.69) is 0 Å². The minimum atomic E-state index is -0.960. The van der Waals surface area contributed by atoms with E-state index in [-0.39, 0.29) is 36.3 Å². The normalized spacial score (nSPS) is 13.2. The average molecular weight is 546 g/mol. The number of ketones is 1. The van der Waals surface area contributed by atoms with Crippen LogP contribution >= 0.6 is 11.3 Å². The maximum absolute atomic E-state index is 14.0. The fraction of sp³-hybridized carbons (Fsp3) is 0.370. The largest absolute Gasteiger partial charge is 0.502 e. The molecule has 0 atom stereocenters. The van der Waals surface area contributed by atoms with Crippen molar-refractivity contribution in [3.8, 4) is 5.75 Å². The maximum atomic E-state index is 14.0. The van der Waals surface area contributed by atoms with Crippen LogP contribution in [0.25, 0.3) is 0 Å². The van der Waals surface area contributed by atoms with Gasteiger partial charge in [0.2, 0.25) is 5.43 Å². The Morgan fingerprint density at radius 2 is 2.00 bits per heavy atom. The molecule has 0 aliphatic carbocycles. The van der Waals surface area contributed by atoms with E-state index in [0.717, 1.165) is 24.1 Å². The first kappa shape index (κ1) is 27.5. The van der Waals surface area contributed by atoms with E-state index in [9.17, 15) is 28.3 Å². The van der Waals surface area contributed by atoms with Crippen molar-refractivity contribution in [2.45, 2.75) is 39.2 Å². The zero-order valence-corrected chi connectivity index (χ0v) is 21.8. The molecule has 1 aliphatic heterocycles. The van der Waals surface area contributed by atoms with E-state index in [0.29, 0.717) is 32.7 Å². The van der Waals surface area contributed by atoms with Gasteiger partial charge in [0, 0.05) is 38.4 Å². The smallest absolute Gasteiger partial charge is 0.277 e. The summed E-state index contributed by atoms with van der Waals surface area (Å²) in [7, 11) is 0. The number of ether oxygens (including phenoxy) is 1. The third-order valence-corrected chi connectivity index (χ3v) is 6.97. The highest BCUT2D eigenvalue weighted by Gasteiger charge is 2.34. The summed E-state index contributed by atoms with van der Waals surface area (Å²) in [5, 5.41) is 16.5. The number of rotatable bonds is 12. The highest BCUT2D eigenvalue weighted by Crippen LogP contribution is 2.24. The van der Waals surface area contributed by atoms with Crippen LogP contribution in [0.1, 0.15) is 58.2 Å². The van der Waals surface area contributed by atoms with Crippen LogP contribution in [0.3, 0.4) is 0 Å². The maximum Gasteiger partial charge on any atom is 0.277 e. The molecule has 1 aromatic carbocycles. The van der Waals surface area contributed by atoms with Crippen molar-refractivity contribution in [3.05, 3.63) is 85.5 Å². The SMILES string of the molecule is CCCOCCCN1CN(Cc2ccsc2)n2cc(C(=O)CCc3ccc(F)cc3F)c(=O)c(O)c2C1=O. The van der Waals surface area contributed by atoms with Gasteiger partial charge in [0.15, 0.2) is 17.2 Å². The third-order valence-electron chi connectivity index (χ3n) is 6.24. The molecule has 1 aliphatic rings. The molecule has 1 amide bonds. The molecule has 0 saturated heterocycles. The Morgan fingerprint density at radius 1 is 1.18 bits per heavy atom. The lowest BCUT2D eigenvalue weighted by Crippen LogP contribution is -2.54. The van der Waals surface area contributed by atoms with Gasteiger partial charge in [-0.25, -0.2) is 8.78 Å². The number of carbonyl (C=O) groups excluding carboxylic acids is 2. The summed E-state index contributed by atoms with van der Waals surface area (Å²) in [4.78, 5) is 40.8. The molecule has 0 saturated carbocycles. The Labute approximate surface area is 222 Å². The lowest BCUT2D eigenvalue weighted by molar-refractivity contribution is 0.0647. The van der Waals surface area contributed by atoms with Crippen molar-refractivity contribution >= 4 is 23.0 Å². The lowest BCUT2D eigenvalue weighted by atomic mass is 10.0. The van der Waals surface area contributed by atoms with Crippen LogP contribution in [-0.2, 0) is 17.7 Å². The molecule has 38 heavy (non-hydrogen) atoms. The van der Waals surface area contributed by atoms with Gasteiger partial charge in [-0.3, -0.25) is 24.1 Å². The number of aryl methyl sites for hydroxylation is 1. The molecular formula is C27H29F2N3O5S. The number of amides is 1. The summed E-state index contributed by atoms with van der Waals surface area (Å²) < 4.78 is 34.1. The molecule has 0 unspecified atom stereocenters. The van der Waals surface area contributed by atoms with Crippen LogP contribution < -0.4 is 10.4 Å². The van der Waals surface area contributed by atoms with Gasteiger partial charge >= 0.3 is 0 Å². The molecule has 1 N–H and O–H groups in total. The zero-order valence-electron chi connectivity index (χ0n) is 21.0. The fourth-order valence-electron chi connectivity index (χ4n) is 4.29. The minimum absolute atomic E-state index is 0.0572. The molecule has 3 aromatic rings. The number of halogens is 2. The second kappa shape index (κ2) is 12.3. The predicted molar refractivity (Wildman–Crippen MR) is 139 cm³/mol. The molecule has 0 fully saturated rings. The summed E-state index contributed by atoms with van der Waals surface area (Å²) >= 11 is 1.51. The Hall–Kier alpha value is -3.57. The summed E-state index contributed by atoms with van der Waals surface area (Å²) in [6.45, 7) is 4.01. The molecule has 2 aromatic heterocycles. The molecular weight excluding hydrogens is 516 g/mol. The number of thiophene rings is 1. The first-order valence-corrected chi connectivity index (χ1v) is 13.3. The number of hydrogen-bond donors (Lipinski definition) is 1. The first-order chi connectivity index (χ1) is 18.3. The highest BCUT2D eigenvalue weighted by atomic mass is 32.1. The third kappa shape index (κ3) is 6.11. The molecule has 8 nitrogen and oxygen atoms in total. The van der Waals surface area contributed by atoms with E-state index in [4.69, 9.17) is 4.74 Å². The van der Waals surface area contributed by atoms with Gasteiger partial charge in [-0.05, 0) is 53.3 Å². The standard InChI is InChI=1S/C27H29F2N3O5S/c1-2-10-37-11-3-9-30-17-31(14-18-8-12-38-16-18)32-15-21(25(34)26(35)24(32)27(30)36)23(33)7-5-19-4-6-20(28)13-22(19)29/h4,6,8,12-13,15-16,35H,2-3,5,7,9-11,14,17H2,1H3. The van der Waals surface area contributed by atoms with E-state index >= 15 is 0 Å². The predicted octanol–water partition coefficient (Wildman–Crippen LogP) is 4.08. The van der Waals surface area contributed by atoms with Crippen LogP contribution in [0.4, 0.5) is 8.78 Å². The van der Waals surface area contributed by atoms with Gasteiger partial charge in [0.25, 0.3) is 5.91 Å². The minimum Gasteiger partial charge on any atom is -0.502 e. The summed E-state index contributed by atoms with van der Waals surface area (Å²) in [6, 6.07) is 5.00. The van der Waals surface area contributed by atoms with Crippen LogP contribution in [0.15, 0.2) is 46.0 Å². The first-order valence-electron chi connectivity index (χ1n) is 12.4. The highest BCUT2D eigenvalue weighted by molar-refractivity contribution is 7.07. The van der Waals surface area contributed by atoms with Gasteiger partial charge in [-0.1, -0.05) is 13.0 Å². The Balaban J connectivity index is 1.61. The molecule has 3 heterocycles. The number of aromatic nitrogens is 1. The molecule has 0 radical (unpaired) electrons. The van der Waals surface area contributed by atoms with E-state index in [1.54, 1.807) is 5.01 Å². The van der Waals surface area contributed by atoms with Crippen molar-refractivity contribution in [1.82, 2.24) is 9.58 Å². The van der Waals surface area contributed by atoms with Gasteiger partial charge in [0.1, 0.15) is 18.3 Å². The van der Waals surface area contributed by atoms with Gasteiger partial charge in [-0.15, -0.1) is 0 Å². The van der Waals surface area contributed by atoms with Crippen LogP contribution in [0.5, 0.6) is 5.75 Å². The van der Waals surface area contributed by atoms with Gasteiger partial charge < -0.3 is 14.7 Å². The summed E-state index contributed by atoms with van der Waals surface area (Å²) in [6.07, 6.45) is 2.45. The van der Waals surface area contributed by atoms with E-state index in [1.807, 2.05) is 23.8 Å². The van der Waals surface area contributed by atoms with Crippen LogP contribution in [0, 0.1) is 11.6 Å².